The molecule has 1 heterocycles. The van der Waals surface area contributed by atoms with Gasteiger partial charge in [0.2, 0.25) is 0 Å². The molecule has 0 aliphatic heterocycles. The van der Waals surface area contributed by atoms with E-state index in [2.05, 4.69) is 20.9 Å². The fourth-order valence-corrected chi connectivity index (χ4v) is 2.18. The lowest BCUT2D eigenvalue weighted by molar-refractivity contribution is 0.304. The molecular formula is C14H13BrN2O2S. The maximum Gasteiger partial charge on any atom is 0.139 e. The van der Waals surface area contributed by atoms with Gasteiger partial charge in [-0.25, -0.2) is 0 Å². The fourth-order valence-electron chi connectivity index (χ4n) is 1.68. The molecule has 0 atom stereocenters. The maximum atomic E-state index is 5.68. The van der Waals surface area contributed by atoms with E-state index < -0.39 is 0 Å². The van der Waals surface area contributed by atoms with Crippen molar-refractivity contribution in [2.45, 2.75) is 6.61 Å². The van der Waals surface area contributed by atoms with Crippen molar-refractivity contribution in [2.75, 3.05) is 7.11 Å². The normalized spacial score (nSPS) is 10.1. The number of nitrogens with two attached hydrogens (primary N) is 1. The van der Waals surface area contributed by atoms with Crippen molar-refractivity contribution in [3.8, 4) is 11.5 Å². The molecular weight excluding hydrogens is 340 g/mol. The lowest BCUT2D eigenvalue weighted by Crippen LogP contribution is -2.12. The van der Waals surface area contributed by atoms with E-state index in [0.29, 0.717) is 28.7 Å². The number of aromatic nitrogens is 1. The number of hydrogen-bond donors (Lipinski definition) is 1. The van der Waals surface area contributed by atoms with E-state index in [1.807, 2.05) is 24.3 Å². The molecule has 0 aliphatic carbocycles. The van der Waals surface area contributed by atoms with Crippen molar-refractivity contribution in [1.82, 2.24) is 4.98 Å². The highest BCUT2D eigenvalue weighted by Crippen LogP contribution is 2.22. The van der Waals surface area contributed by atoms with Crippen LogP contribution in [0.25, 0.3) is 0 Å². The molecule has 0 bridgehead atoms. The minimum Gasteiger partial charge on any atom is -0.496 e. The van der Waals surface area contributed by atoms with Gasteiger partial charge in [-0.05, 0) is 39.7 Å². The van der Waals surface area contributed by atoms with E-state index >= 15 is 0 Å². The largest absolute Gasteiger partial charge is 0.496 e. The highest BCUT2D eigenvalue weighted by atomic mass is 79.9. The van der Waals surface area contributed by atoms with E-state index in [1.54, 1.807) is 19.5 Å². The highest BCUT2D eigenvalue weighted by molar-refractivity contribution is 9.10. The summed E-state index contributed by atoms with van der Waals surface area (Å²) in [4.78, 5) is 4.34. The van der Waals surface area contributed by atoms with Crippen LogP contribution in [0, 0.1) is 0 Å². The molecule has 0 amide bonds. The van der Waals surface area contributed by atoms with E-state index in [4.69, 9.17) is 27.4 Å². The number of nitrogens with zero attached hydrogens (tertiary/aromatic N) is 1. The van der Waals surface area contributed by atoms with Crippen LogP contribution in [0.3, 0.4) is 0 Å². The minimum atomic E-state index is 0.299. The molecule has 0 fully saturated rings. The second kappa shape index (κ2) is 6.67. The van der Waals surface area contributed by atoms with Gasteiger partial charge in [0.05, 0.1) is 18.9 Å². The maximum absolute atomic E-state index is 5.68. The molecule has 0 radical (unpaired) electrons. The van der Waals surface area contributed by atoms with Gasteiger partial charge < -0.3 is 15.2 Å². The Hall–Kier alpha value is -1.66. The van der Waals surface area contributed by atoms with Crippen LogP contribution in [0.1, 0.15) is 11.1 Å². The van der Waals surface area contributed by atoms with Crippen LogP contribution >= 0.6 is 28.1 Å². The lowest BCUT2D eigenvalue weighted by atomic mass is 10.1. The Balaban J connectivity index is 2.14. The van der Waals surface area contributed by atoms with E-state index in [-0.39, 0.29) is 0 Å². The summed E-state index contributed by atoms with van der Waals surface area (Å²) in [5.74, 6) is 1.34. The highest BCUT2D eigenvalue weighted by Gasteiger charge is 2.07. The Kier molecular flexibility index (Phi) is 4.92. The third-order valence-corrected chi connectivity index (χ3v) is 3.27. The van der Waals surface area contributed by atoms with Gasteiger partial charge in [-0.2, -0.15) is 0 Å². The van der Waals surface area contributed by atoms with Crippen LogP contribution < -0.4 is 15.2 Å². The van der Waals surface area contributed by atoms with Gasteiger partial charge >= 0.3 is 0 Å². The smallest absolute Gasteiger partial charge is 0.139 e. The molecule has 0 spiro atoms. The van der Waals surface area contributed by atoms with Crippen LogP contribution in [-0.4, -0.2) is 17.1 Å². The summed E-state index contributed by atoms with van der Waals surface area (Å²) in [6.07, 6.45) is 3.36. The Morgan fingerprint density at radius 1 is 1.35 bits per heavy atom. The third-order valence-electron chi connectivity index (χ3n) is 2.61. The minimum absolute atomic E-state index is 0.299. The molecule has 20 heavy (non-hydrogen) atoms. The lowest BCUT2D eigenvalue weighted by Gasteiger charge is -2.10. The Morgan fingerprint density at radius 3 is 2.80 bits per heavy atom. The first kappa shape index (κ1) is 14.7. The second-order valence-electron chi connectivity index (χ2n) is 4.03. The monoisotopic (exact) mass is 352 g/mol. The number of thiocarbonyl (C=S) groups is 1. The Bertz CT molecular complexity index is 634. The number of benzene rings is 1. The number of ether oxygens (including phenoxy) is 2. The molecule has 2 N–H and O–H groups in total. The van der Waals surface area contributed by atoms with Gasteiger partial charge in [-0.15, -0.1) is 0 Å². The zero-order valence-corrected chi connectivity index (χ0v) is 13.2. The summed E-state index contributed by atoms with van der Waals surface area (Å²) < 4.78 is 11.7. The average Bonchev–Trinajstić information content (AvgIpc) is 2.45. The molecule has 104 valence electrons. The topological polar surface area (TPSA) is 57.4 Å². The fraction of sp³-hybridized carbons (Fsp3) is 0.143. The Labute approximate surface area is 131 Å². The van der Waals surface area contributed by atoms with Crippen molar-refractivity contribution in [3.05, 3.63) is 52.3 Å². The standard InChI is InChI=1S/C14H13BrN2O2S/c1-18-13-3-2-9(4-12(13)14(16)20)8-19-11-5-10(15)6-17-7-11/h2-7H,8H2,1H3,(H2,16,20). The van der Waals surface area contributed by atoms with Gasteiger partial charge in [-0.3, -0.25) is 4.98 Å². The van der Waals surface area contributed by atoms with Crippen LogP contribution in [0.15, 0.2) is 41.1 Å². The molecule has 1 aromatic carbocycles. The SMILES string of the molecule is COc1ccc(COc2cncc(Br)c2)cc1C(N)=S. The predicted molar refractivity (Wildman–Crippen MR) is 85.2 cm³/mol. The first-order valence-electron chi connectivity index (χ1n) is 5.80. The Morgan fingerprint density at radius 2 is 2.15 bits per heavy atom. The quantitative estimate of drug-likeness (QED) is 0.838. The summed E-state index contributed by atoms with van der Waals surface area (Å²) in [5.41, 5.74) is 7.34. The van der Waals surface area contributed by atoms with Gasteiger partial charge in [0.15, 0.2) is 0 Å². The number of methoxy groups -OCH3 is 1. The molecule has 4 nitrogen and oxygen atoms in total. The number of rotatable bonds is 5. The zero-order valence-electron chi connectivity index (χ0n) is 10.8. The van der Waals surface area contributed by atoms with Gasteiger partial charge in [0, 0.05) is 10.7 Å². The number of pyridine rings is 1. The third kappa shape index (κ3) is 3.68. The molecule has 6 heteroatoms. The van der Waals surface area contributed by atoms with Gasteiger partial charge in [-0.1, -0.05) is 18.3 Å². The van der Waals surface area contributed by atoms with Crippen LogP contribution in [-0.2, 0) is 6.61 Å². The van der Waals surface area contributed by atoms with Crippen molar-refractivity contribution in [2.24, 2.45) is 5.73 Å². The second-order valence-corrected chi connectivity index (χ2v) is 5.38. The van der Waals surface area contributed by atoms with Crippen molar-refractivity contribution >= 4 is 33.1 Å². The van der Waals surface area contributed by atoms with Crippen molar-refractivity contribution in [1.29, 1.82) is 0 Å². The van der Waals surface area contributed by atoms with Crippen LogP contribution in [0.5, 0.6) is 11.5 Å². The first-order chi connectivity index (χ1) is 9.60. The average molecular weight is 353 g/mol. The molecule has 0 saturated carbocycles. The molecule has 2 aromatic rings. The summed E-state index contributed by atoms with van der Waals surface area (Å²) >= 11 is 8.36. The van der Waals surface area contributed by atoms with Crippen molar-refractivity contribution in [3.63, 3.8) is 0 Å². The summed E-state index contributed by atoms with van der Waals surface area (Å²) in [6, 6.07) is 7.45. The summed E-state index contributed by atoms with van der Waals surface area (Å²) in [7, 11) is 1.58. The number of hydrogen-bond acceptors (Lipinski definition) is 4. The molecule has 0 unspecified atom stereocenters. The van der Waals surface area contributed by atoms with E-state index in [9.17, 15) is 0 Å². The molecule has 0 saturated heterocycles. The van der Waals surface area contributed by atoms with Gasteiger partial charge in [0.1, 0.15) is 23.1 Å². The zero-order chi connectivity index (χ0) is 14.5. The van der Waals surface area contributed by atoms with Gasteiger partial charge in [0.25, 0.3) is 0 Å². The van der Waals surface area contributed by atoms with E-state index in [1.165, 1.54) is 0 Å². The first-order valence-corrected chi connectivity index (χ1v) is 7.00. The predicted octanol–water partition coefficient (Wildman–Crippen LogP) is 3.07. The molecule has 2 rings (SSSR count). The van der Waals surface area contributed by atoms with E-state index in [0.717, 1.165) is 10.0 Å². The molecule has 1 aromatic heterocycles. The molecule has 0 aliphatic rings. The van der Waals surface area contributed by atoms with Crippen LogP contribution in [0.2, 0.25) is 0 Å². The van der Waals surface area contributed by atoms with Crippen molar-refractivity contribution < 1.29 is 9.47 Å². The number of halogens is 1. The summed E-state index contributed by atoms with van der Waals surface area (Å²) in [6.45, 7) is 0.401. The summed E-state index contributed by atoms with van der Waals surface area (Å²) in [5, 5.41) is 0. The van der Waals surface area contributed by atoms with Crippen LogP contribution in [0.4, 0.5) is 0 Å².